The summed E-state index contributed by atoms with van der Waals surface area (Å²) < 4.78 is 11.1. The molecule has 3 aromatic rings. The summed E-state index contributed by atoms with van der Waals surface area (Å²) in [4.78, 5) is 26.6. The first-order valence-electron chi connectivity index (χ1n) is 11.8. The van der Waals surface area contributed by atoms with E-state index < -0.39 is 0 Å². The van der Waals surface area contributed by atoms with Gasteiger partial charge in [-0.15, -0.1) is 11.3 Å². The third-order valence-electron chi connectivity index (χ3n) is 5.70. The number of benzene rings is 2. The highest BCUT2D eigenvalue weighted by Crippen LogP contribution is 2.38. The molecule has 2 aromatic carbocycles. The molecule has 35 heavy (non-hydrogen) atoms. The Hall–Kier alpha value is -3.23. The number of thiocarbonyl (C=S) groups is 1. The van der Waals surface area contributed by atoms with Gasteiger partial charge in [0.2, 0.25) is 0 Å². The van der Waals surface area contributed by atoms with Crippen molar-refractivity contribution in [2.24, 2.45) is 0 Å². The molecule has 0 radical (unpaired) electrons. The predicted octanol–water partition coefficient (Wildman–Crippen LogP) is 5.55. The second kappa shape index (κ2) is 12.0. The second-order valence-corrected chi connectivity index (χ2v) is 9.67. The summed E-state index contributed by atoms with van der Waals surface area (Å²) >= 11 is 6.91. The van der Waals surface area contributed by atoms with E-state index in [-0.39, 0.29) is 17.0 Å². The van der Waals surface area contributed by atoms with Crippen LogP contribution in [-0.4, -0.2) is 30.2 Å². The Morgan fingerprint density at radius 1 is 1.06 bits per heavy atom. The molecule has 2 N–H and O–H groups in total. The topological polar surface area (TPSA) is 76.7 Å². The molecule has 0 atom stereocenters. The van der Waals surface area contributed by atoms with Crippen LogP contribution in [0.15, 0.2) is 54.6 Å². The molecule has 1 aliphatic carbocycles. The Bertz CT molecular complexity index is 1210. The molecule has 0 spiro atoms. The third-order valence-corrected chi connectivity index (χ3v) is 7.11. The first-order chi connectivity index (χ1) is 17.0. The lowest BCUT2D eigenvalue weighted by Crippen LogP contribution is -2.34. The quantitative estimate of drug-likeness (QED) is 0.307. The number of ether oxygens (including phenoxy) is 2. The van der Waals surface area contributed by atoms with E-state index in [9.17, 15) is 9.59 Å². The van der Waals surface area contributed by atoms with E-state index in [1.807, 2.05) is 24.3 Å². The number of hydrogen-bond donors (Lipinski definition) is 2. The van der Waals surface area contributed by atoms with Crippen molar-refractivity contribution in [3.05, 3.63) is 81.7 Å². The second-order valence-electron chi connectivity index (χ2n) is 8.16. The molecule has 0 aliphatic heterocycles. The van der Waals surface area contributed by atoms with Gasteiger partial charge in [-0.2, -0.15) is 0 Å². The number of anilines is 1. The highest BCUT2D eigenvalue weighted by atomic mass is 32.1. The molecule has 1 aromatic heterocycles. The van der Waals surface area contributed by atoms with E-state index in [1.54, 1.807) is 25.1 Å². The van der Waals surface area contributed by atoms with E-state index in [2.05, 4.69) is 22.8 Å². The molecule has 182 valence electrons. The summed E-state index contributed by atoms with van der Waals surface area (Å²) in [6, 6.07) is 17.1. The fourth-order valence-electron chi connectivity index (χ4n) is 4.04. The van der Waals surface area contributed by atoms with Crippen molar-refractivity contribution in [2.45, 2.75) is 39.0 Å². The summed E-state index contributed by atoms with van der Waals surface area (Å²) in [6.07, 6.45) is 4.70. The summed E-state index contributed by atoms with van der Waals surface area (Å²) in [5, 5.41) is 6.53. The van der Waals surface area contributed by atoms with Crippen LogP contribution in [0.2, 0.25) is 0 Å². The molecule has 8 heteroatoms. The number of esters is 1. The Morgan fingerprint density at radius 3 is 2.66 bits per heavy atom. The lowest BCUT2D eigenvalue weighted by molar-refractivity contribution is 0.0526. The van der Waals surface area contributed by atoms with Gasteiger partial charge in [0, 0.05) is 16.9 Å². The fourth-order valence-corrected chi connectivity index (χ4v) is 5.58. The van der Waals surface area contributed by atoms with Crippen LogP contribution < -0.4 is 15.4 Å². The molecule has 6 nitrogen and oxygen atoms in total. The van der Waals surface area contributed by atoms with E-state index in [1.165, 1.54) is 21.8 Å². The number of hydrogen-bond acceptors (Lipinski definition) is 6. The van der Waals surface area contributed by atoms with Gasteiger partial charge in [0.15, 0.2) is 5.11 Å². The Morgan fingerprint density at radius 2 is 1.86 bits per heavy atom. The molecule has 1 amide bonds. The average molecular weight is 509 g/mol. The molecule has 1 aliphatic rings. The maximum atomic E-state index is 12.8. The van der Waals surface area contributed by atoms with Crippen LogP contribution in [-0.2, 0) is 24.0 Å². The average Bonchev–Trinajstić information content (AvgIpc) is 3.22. The third kappa shape index (κ3) is 6.46. The molecular weight excluding hydrogens is 480 g/mol. The van der Waals surface area contributed by atoms with Crippen molar-refractivity contribution in [1.82, 2.24) is 5.32 Å². The SMILES string of the molecule is CCOC(=O)c1c(NC(=S)NC(=O)c2cccc(OCCc3ccccc3)c2)sc2c1CCCC2. The minimum Gasteiger partial charge on any atom is -0.493 e. The molecule has 0 bridgehead atoms. The summed E-state index contributed by atoms with van der Waals surface area (Å²) in [5.74, 6) is -0.0955. The van der Waals surface area contributed by atoms with Gasteiger partial charge in [-0.3, -0.25) is 10.1 Å². The number of carbonyl (C=O) groups excluding carboxylic acids is 2. The van der Waals surface area contributed by atoms with Crippen LogP contribution in [0.3, 0.4) is 0 Å². The van der Waals surface area contributed by atoms with Crippen LogP contribution >= 0.6 is 23.6 Å². The van der Waals surface area contributed by atoms with Crippen molar-refractivity contribution in [3.63, 3.8) is 0 Å². The maximum absolute atomic E-state index is 12.8. The highest BCUT2D eigenvalue weighted by molar-refractivity contribution is 7.80. The maximum Gasteiger partial charge on any atom is 0.341 e. The van der Waals surface area contributed by atoms with Crippen LogP contribution in [0.1, 0.15) is 56.5 Å². The zero-order valence-electron chi connectivity index (χ0n) is 19.6. The largest absolute Gasteiger partial charge is 0.493 e. The minimum absolute atomic E-state index is 0.134. The zero-order chi connectivity index (χ0) is 24.6. The molecule has 0 fully saturated rings. The van der Waals surface area contributed by atoms with Gasteiger partial charge in [-0.25, -0.2) is 4.79 Å². The summed E-state index contributed by atoms with van der Waals surface area (Å²) in [7, 11) is 0. The number of rotatable bonds is 8. The lowest BCUT2D eigenvalue weighted by atomic mass is 9.95. The number of thiophene rings is 1. The van der Waals surface area contributed by atoms with Gasteiger partial charge in [-0.1, -0.05) is 36.4 Å². The van der Waals surface area contributed by atoms with E-state index in [0.29, 0.717) is 35.1 Å². The van der Waals surface area contributed by atoms with Crippen molar-refractivity contribution >= 4 is 45.5 Å². The van der Waals surface area contributed by atoms with Gasteiger partial charge in [0.1, 0.15) is 10.8 Å². The number of nitrogens with one attached hydrogen (secondary N) is 2. The van der Waals surface area contributed by atoms with Crippen molar-refractivity contribution in [2.75, 3.05) is 18.5 Å². The first kappa shape index (κ1) is 24.9. The van der Waals surface area contributed by atoms with Gasteiger partial charge in [0.05, 0.1) is 18.8 Å². The molecule has 4 rings (SSSR count). The van der Waals surface area contributed by atoms with E-state index in [0.717, 1.165) is 37.7 Å². The van der Waals surface area contributed by atoms with Crippen molar-refractivity contribution in [3.8, 4) is 5.75 Å². The molecule has 0 saturated carbocycles. The van der Waals surface area contributed by atoms with Crippen molar-refractivity contribution < 1.29 is 19.1 Å². The fraction of sp³-hybridized carbons (Fsp3) is 0.296. The van der Waals surface area contributed by atoms with Gasteiger partial charge in [-0.05, 0) is 74.2 Å². The van der Waals surface area contributed by atoms with E-state index in [4.69, 9.17) is 21.7 Å². The van der Waals surface area contributed by atoms with Crippen LogP contribution in [0.5, 0.6) is 5.75 Å². The van der Waals surface area contributed by atoms with Crippen LogP contribution in [0, 0.1) is 0 Å². The smallest absolute Gasteiger partial charge is 0.341 e. The lowest BCUT2D eigenvalue weighted by Gasteiger charge is -2.13. The molecule has 1 heterocycles. The van der Waals surface area contributed by atoms with Crippen LogP contribution in [0.4, 0.5) is 5.00 Å². The Kier molecular flexibility index (Phi) is 8.50. The number of amides is 1. The van der Waals surface area contributed by atoms with Crippen LogP contribution in [0.25, 0.3) is 0 Å². The van der Waals surface area contributed by atoms with Gasteiger partial charge in [0.25, 0.3) is 5.91 Å². The van der Waals surface area contributed by atoms with E-state index >= 15 is 0 Å². The van der Waals surface area contributed by atoms with Gasteiger partial charge < -0.3 is 14.8 Å². The van der Waals surface area contributed by atoms with Gasteiger partial charge >= 0.3 is 5.97 Å². The minimum atomic E-state index is -0.358. The Balaban J connectivity index is 1.38. The highest BCUT2D eigenvalue weighted by Gasteiger charge is 2.27. The summed E-state index contributed by atoms with van der Waals surface area (Å²) in [6.45, 7) is 2.59. The number of carbonyl (C=O) groups is 2. The standard InChI is InChI=1S/C27H28N2O4S2/c1-2-32-26(31)23-21-13-6-7-14-22(21)35-25(23)29-27(34)28-24(30)19-11-8-12-20(17-19)33-16-15-18-9-4-3-5-10-18/h3-5,8-12,17H,2,6-7,13-16H2,1H3,(H2,28,29,30,34). The normalized spacial score (nSPS) is 12.4. The first-order valence-corrected chi connectivity index (χ1v) is 13.0. The Labute approximate surface area is 214 Å². The molecular formula is C27H28N2O4S2. The number of aryl methyl sites for hydroxylation is 1. The molecule has 0 saturated heterocycles. The van der Waals surface area contributed by atoms with Crippen molar-refractivity contribution in [1.29, 1.82) is 0 Å². The molecule has 0 unspecified atom stereocenters. The monoisotopic (exact) mass is 508 g/mol. The number of fused-ring (bicyclic) bond motifs is 1. The summed E-state index contributed by atoms with van der Waals surface area (Å²) in [5.41, 5.74) is 3.20. The predicted molar refractivity (Wildman–Crippen MR) is 143 cm³/mol. The zero-order valence-corrected chi connectivity index (χ0v) is 21.2.